The standard InChI is InChI=1S/C11H14N4O2S/c1-11(2,7-4-3-5-18-7)6-13-10(16)8-9(12)15-17-14-8/h3-5H,6H2,1-2H3,(H2,12,15)(H,13,16). The molecule has 0 bridgehead atoms. The molecule has 0 aliphatic rings. The van der Waals surface area contributed by atoms with Crippen LogP contribution < -0.4 is 11.1 Å². The smallest absolute Gasteiger partial charge is 0.277 e. The van der Waals surface area contributed by atoms with Crippen LogP contribution in [0.25, 0.3) is 0 Å². The number of anilines is 1. The van der Waals surface area contributed by atoms with Crippen molar-refractivity contribution in [3.8, 4) is 0 Å². The first-order valence-electron chi connectivity index (χ1n) is 5.41. The van der Waals surface area contributed by atoms with Gasteiger partial charge in [0.1, 0.15) is 0 Å². The van der Waals surface area contributed by atoms with Gasteiger partial charge in [-0.25, -0.2) is 4.63 Å². The van der Waals surface area contributed by atoms with Gasteiger partial charge in [-0.05, 0) is 21.8 Å². The van der Waals surface area contributed by atoms with Crippen LogP contribution in [0.15, 0.2) is 22.1 Å². The second-order valence-electron chi connectivity index (χ2n) is 4.54. The molecule has 18 heavy (non-hydrogen) atoms. The minimum Gasteiger partial charge on any atom is -0.379 e. The summed E-state index contributed by atoms with van der Waals surface area (Å²) >= 11 is 1.66. The van der Waals surface area contributed by atoms with Crippen LogP contribution in [0.2, 0.25) is 0 Å². The SMILES string of the molecule is CC(C)(CNC(=O)c1nonc1N)c1cccs1. The molecule has 0 fully saturated rings. The Labute approximate surface area is 108 Å². The molecule has 2 heterocycles. The molecule has 1 amide bonds. The van der Waals surface area contributed by atoms with E-state index >= 15 is 0 Å². The van der Waals surface area contributed by atoms with E-state index in [1.807, 2.05) is 17.5 Å². The monoisotopic (exact) mass is 266 g/mol. The molecule has 3 N–H and O–H groups in total. The summed E-state index contributed by atoms with van der Waals surface area (Å²) in [4.78, 5) is 13.0. The van der Waals surface area contributed by atoms with Crippen LogP contribution >= 0.6 is 11.3 Å². The number of aromatic nitrogens is 2. The minimum atomic E-state index is -0.376. The van der Waals surface area contributed by atoms with Crippen molar-refractivity contribution in [2.24, 2.45) is 0 Å². The van der Waals surface area contributed by atoms with Crippen molar-refractivity contribution < 1.29 is 9.42 Å². The summed E-state index contributed by atoms with van der Waals surface area (Å²) in [5, 5.41) is 11.6. The van der Waals surface area contributed by atoms with Gasteiger partial charge in [-0.2, -0.15) is 0 Å². The lowest BCUT2D eigenvalue weighted by atomic mass is 9.91. The van der Waals surface area contributed by atoms with Gasteiger partial charge >= 0.3 is 0 Å². The highest BCUT2D eigenvalue weighted by atomic mass is 32.1. The first-order valence-corrected chi connectivity index (χ1v) is 6.29. The largest absolute Gasteiger partial charge is 0.379 e. The summed E-state index contributed by atoms with van der Waals surface area (Å²) in [6.07, 6.45) is 0. The van der Waals surface area contributed by atoms with E-state index in [2.05, 4.69) is 34.1 Å². The van der Waals surface area contributed by atoms with Crippen LogP contribution in [0, 0.1) is 0 Å². The van der Waals surface area contributed by atoms with Crippen molar-refractivity contribution in [1.82, 2.24) is 15.6 Å². The Morgan fingerprint density at radius 1 is 1.56 bits per heavy atom. The molecule has 0 aliphatic carbocycles. The second kappa shape index (κ2) is 4.77. The number of nitrogens with zero attached hydrogens (tertiary/aromatic N) is 2. The number of carbonyl (C=O) groups is 1. The second-order valence-corrected chi connectivity index (χ2v) is 5.49. The molecule has 0 aromatic carbocycles. The van der Waals surface area contributed by atoms with Crippen LogP contribution in [0.4, 0.5) is 5.82 Å². The van der Waals surface area contributed by atoms with Crippen LogP contribution in [0.5, 0.6) is 0 Å². The van der Waals surface area contributed by atoms with Gasteiger partial charge in [0.2, 0.25) is 11.5 Å². The predicted octanol–water partition coefficient (Wildman–Crippen LogP) is 1.42. The topological polar surface area (TPSA) is 94.0 Å². The Morgan fingerprint density at radius 2 is 2.33 bits per heavy atom. The average molecular weight is 266 g/mol. The predicted molar refractivity (Wildman–Crippen MR) is 68.4 cm³/mol. The number of nitrogens with two attached hydrogens (primary N) is 1. The quantitative estimate of drug-likeness (QED) is 0.872. The van der Waals surface area contributed by atoms with Gasteiger partial charge in [-0.3, -0.25) is 4.79 Å². The van der Waals surface area contributed by atoms with Crippen molar-refractivity contribution in [2.75, 3.05) is 12.3 Å². The third kappa shape index (κ3) is 2.51. The van der Waals surface area contributed by atoms with Gasteiger partial charge < -0.3 is 11.1 Å². The summed E-state index contributed by atoms with van der Waals surface area (Å²) in [7, 11) is 0. The molecular weight excluding hydrogens is 252 g/mol. The molecule has 96 valence electrons. The van der Waals surface area contributed by atoms with Crippen molar-refractivity contribution in [3.63, 3.8) is 0 Å². The molecule has 0 spiro atoms. The molecule has 6 nitrogen and oxygen atoms in total. The molecule has 0 unspecified atom stereocenters. The fraction of sp³-hybridized carbons (Fsp3) is 0.364. The molecule has 0 aliphatic heterocycles. The number of rotatable bonds is 4. The maximum atomic E-state index is 11.8. The van der Waals surface area contributed by atoms with E-state index in [0.29, 0.717) is 6.54 Å². The van der Waals surface area contributed by atoms with E-state index in [1.165, 1.54) is 4.88 Å². The molecule has 2 aromatic rings. The molecule has 0 radical (unpaired) electrons. The molecule has 0 saturated heterocycles. The number of nitrogen functional groups attached to an aromatic ring is 1. The third-order valence-electron chi connectivity index (χ3n) is 2.61. The Kier molecular flexibility index (Phi) is 3.33. The summed E-state index contributed by atoms with van der Waals surface area (Å²) < 4.78 is 4.39. The highest BCUT2D eigenvalue weighted by Crippen LogP contribution is 2.26. The molecule has 0 atom stereocenters. The van der Waals surface area contributed by atoms with E-state index in [4.69, 9.17) is 5.73 Å². The zero-order chi connectivity index (χ0) is 13.2. The van der Waals surface area contributed by atoms with Crippen LogP contribution in [0.1, 0.15) is 29.2 Å². The number of nitrogens with one attached hydrogen (secondary N) is 1. The number of carbonyl (C=O) groups excluding carboxylic acids is 1. The Bertz CT molecular complexity index is 533. The van der Waals surface area contributed by atoms with Crippen LogP contribution in [0.3, 0.4) is 0 Å². The van der Waals surface area contributed by atoms with Gasteiger partial charge in [0.25, 0.3) is 5.91 Å². The molecular formula is C11H14N4O2S. The maximum absolute atomic E-state index is 11.8. The van der Waals surface area contributed by atoms with E-state index < -0.39 is 0 Å². The average Bonchev–Trinajstić information content (AvgIpc) is 2.96. The van der Waals surface area contributed by atoms with Crippen molar-refractivity contribution in [1.29, 1.82) is 0 Å². The molecule has 7 heteroatoms. The van der Waals surface area contributed by atoms with Gasteiger partial charge in [0, 0.05) is 16.8 Å². The van der Waals surface area contributed by atoms with Gasteiger partial charge in [-0.15, -0.1) is 11.3 Å². The van der Waals surface area contributed by atoms with E-state index in [0.717, 1.165) is 0 Å². The van der Waals surface area contributed by atoms with E-state index in [1.54, 1.807) is 11.3 Å². The third-order valence-corrected chi connectivity index (χ3v) is 3.84. The maximum Gasteiger partial charge on any atom is 0.277 e. The highest BCUT2D eigenvalue weighted by molar-refractivity contribution is 7.10. The number of hydrogen-bond donors (Lipinski definition) is 2. The van der Waals surface area contributed by atoms with Crippen molar-refractivity contribution >= 4 is 23.1 Å². The number of amides is 1. The Balaban J connectivity index is 2.00. The Morgan fingerprint density at radius 3 is 2.89 bits per heavy atom. The van der Waals surface area contributed by atoms with Gasteiger partial charge in [0.05, 0.1) is 0 Å². The number of thiophene rings is 1. The van der Waals surface area contributed by atoms with Gasteiger partial charge in [-0.1, -0.05) is 19.9 Å². The zero-order valence-electron chi connectivity index (χ0n) is 10.1. The summed E-state index contributed by atoms with van der Waals surface area (Å²) in [5.41, 5.74) is 5.33. The van der Waals surface area contributed by atoms with Crippen molar-refractivity contribution in [3.05, 3.63) is 28.1 Å². The molecule has 2 rings (SSSR count). The molecule has 2 aromatic heterocycles. The Hall–Kier alpha value is -1.89. The normalized spacial score (nSPS) is 11.4. The van der Waals surface area contributed by atoms with Crippen molar-refractivity contribution in [2.45, 2.75) is 19.3 Å². The highest BCUT2D eigenvalue weighted by Gasteiger charge is 2.24. The summed E-state index contributed by atoms with van der Waals surface area (Å²) in [6.45, 7) is 4.60. The number of hydrogen-bond acceptors (Lipinski definition) is 6. The summed E-state index contributed by atoms with van der Waals surface area (Å²) in [6, 6.07) is 4.03. The molecule has 0 saturated carbocycles. The fourth-order valence-corrected chi connectivity index (χ4v) is 2.34. The lowest BCUT2D eigenvalue weighted by Crippen LogP contribution is -2.36. The minimum absolute atomic E-state index is 0.00132. The van der Waals surface area contributed by atoms with E-state index in [9.17, 15) is 4.79 Å². The fourth-order valence-electron chi connectivity index (χ4n) is 1.49. The van der Waals surface area contributed by atoms with E-state index in [-0.39, 0.29) is 22.8 Å². The zero-order valence-corrected chi connectivity index (χ0v) is 11.0. The summed E-state index contributed by atoms with van der Waals surface area (Å²) in [5.74, 6) is -0.375. The first kappa shape index (κ1) is 12.6. The van der Waals surface area contributed by atoms with Gasteiger partial charge in [0.15, 0.2) is 0 Å². The van der Waals surface area contributed by atoms with Crippen LogP contribution in [-0.4, -0.2) is 22.8 Å². The lowest BCUT2D eigenvalue weighted by Gasteiger charge is -2.23. The lowest BCUT2D eigenvalue weighted by molar-refractivity contribution is 0.0936. The first-order chi connectivity index (χ1) is 8.50. The van der Waals surface area contributed by atoms with Crippen LogP contribution in [-0.2, 0) is 5.41 Å².